The van der Waals surface area contributed by atoms with Gasteiger partial charge in [-0.25, -0.2) is 0 Å². The van der Waals surface area contributed by atoms with Crippen LogP contribution in [0.1, 0.15) is 71.3 Å². The molecule has 0 aromatic heterocycles. The summed E-state index contributed by atoms with van der Waals surface area (Å²) in [4.78, 5) is 0. The van der Waals surface area contributed by atoms with E-state index in [1.165, 1.54) is 42.1 Å². The summed E-state index contributed by atoms with van der Waals surface area (Å²) < 4.78 is 1.17. The standard InChI is InChI=1S/C17H27Br/c1-5-6-7-8-13-17(3,4)14(2)15-9-11-16(18)12-10-15/h9-12,14H,5-8,13H2,1-4H3. The molecule has 0 amide bonds. The second kappa shape index (κ2) is 7.33. The van der Waals surface area contributed by atoms with E-state index in [0.717, 1.165) is 0 Å². The average molecular weight is 311 g/mol. The number of unbranched alkanes of at least 4 members (excludes halogenated alkanes) is 3. The van der Waals surface area contributed by atoms with E-state index in [1.807, 2.05) is 0 Å². The Balaban J connectivity index is 2.57. The van der Waals surface area contributed by atoms with Crippen molar-refractivity contribution >= 4 is 15.9 Å². The molecule has 1 aromatic rings. The largest absolute Gasteiger partial charge is 0.0654 e. The Labute approximate surface area is 121 Å². The second-order valence-corrected chi connectivity index (χ2v) is 6.99. The molecule has 0 aliphatic heterocycles. The summed E-state index contributed by atoms with van der Waals surface area (Å²) in [6.45, 7) is 9.45. The summed E-state index contributed by atoms with van der Waals surface area (Å²) in [6, 6.07) is 8.81. The molecule has 0 saturated carbocycles. The highest BCUT2D eigenvalue weighted by Gasteiger charge is 2.26. The Morgan fingerprint density at radius 2 is 1.67 bits per heavy atom. The summed E-state index contributed by atoms with van der Waals surface area (Å²) in [5.41, 5.74) is 1.85. The number of hydrogen-bond acceptors (Lipinski definition) is 0. The monoisotopic (exact) mass is 310 g/mol. The van der Waals surface area contributed by atoms with Crippen LogP contribution in [-0.4, -0.2) is 0 Å². The van der Waals surface area contributed by atoms with Crippen molar-refractivity contribution in [2.24, 2.45) is 5.41 Å². The van der Waals surface area contributed by atoms with Gasteiger partial charge >= 0.3 is 0 Å². The average Bonchev–Trinajstić information content (AvgIpc) is 2.35. The molecule has 1 aromatic carbocycles. The van der Waals surface area contributed by atoms with Gasteiger partial charge in [0.2, 0.25) is 0 Å². The molecule has 1 rings (SSSR count). The number of benzene rings is 1. The molecule has 0 heterocycles. The van der Waals surface area contributed by atoms with E-state index in [4.69, 9.17) is 0 Å². The normalized spacial score (nSPS) is 13.6. The Morgan fingerprint density at radius 1 is 1.06 bits per heavy atom. The molecule has 0 aliphatic rings. The smallest absolute Gasteiger partial charge is 0.0175 e. The predicted octanol–water partition coefficient (Wildman–Crippen LogP) is 6.55. The first-order chi connectivity index (χ1) is 8.47. The lowest BCUT2D eigenvalue weighted by molar-refractivity contribution is 0.265. The molecule has 102 valence electrons. The number of rotatable bonds is 7. The van der Waals surface area contributed by atoms with Gasteiger partial charge < -0.3 is 0 Å². The molecular formula is C17H27Br. The Bertz CT molecular complexity index is 337. The van der Waals surface area contributed by atoms with Gasteiger partial charge in [0.05, 0.1) is 0 Å². The Hall–Kier alpha value is -0.300. The lowest BCUT2D eigenvalue weighted by Crippen LogP contribution is -2.19. The zero-order chi connectivity index (χ0) is 13.6. The Kier molecular flexibility index (Phi) is 6.42. The second-order valence-electron chi connectivity index (χ2n) is 6.07. The summed E-state index contributed by atoms with van der Waals surface area (Å²) in [5, 5.41) is 0. The van der Waals surface area contributed by atoms with Crippen molar-refractivity contribution in [1.82, 2.24) is 0 Å². The van der Waals surface area contributed by atoms with Gasteiger partial charge in [0.25, 0.3) is 0 Å². The molecule has 0 fully saturated rings. The van der Waals surface area contributed by atoms with Crippen LogP contribution in [0, 0.1) is 5.41 Å². The molecule has 1 heteroatoms. The zero-order valence-corrected chi connectivity index (χ0v) is 13.9. The van der Waals surface area contributed by atoms with Crippen molar-refractivity contribution < 1.29 is 0 Å². The van der Waals surface area contributed by atoms with Crippen molar-refractivity contribution in [3.05, 3.63) is 34.3 Å². The number of hydrogen-bond donors (Lipinski definition) is 0. The topological polar surface area (TPSA) is 0 Å². The fourth-order valence-electron chi connectivity index (χ4n) is 2.43. The highest BCUT2D eigenvalue weighted by molar-refractivity contribution is 9.10. The van der Waals surface area contributed by atoms with Gasteiger partial charge in [0, 0.05) is 4.47 Å². The maximum Gasteiger partial charge on any atom is 0.0175 e. The lowest BCUT2D eigenvalue weighted by Gasteiger charge is -2.32. The minimum atomic E-state index is 0.390. The van der Waals surface area contributed by atoms with E-state index in [2.05, 4.69) is 67.9 Å². The van der Waals surface area contributed by atoms with Crippen LogP contribution in [0.15, 0.2) is 28.7 Å². The molecule has 0 bridgehead atoms. The third-order valence-electron chi connectivity index (χ3n) is 4.22. The molecular weight excluding hydrogens is 284 g/mol. The van der Waals surface area contributed by atoms with Gasteiger partial charge in [-0.2, -0.15) is 0 Å². The fraction of sp³-hybridized carbons (Fsp3) is 0.647. The van der Waals surface area contributed by atoms with Crippen LogP contribution in [0.2, 0.25) is 0 Å². The van der Waals surface area contributed by atoms with Crippen LogP contribution < -0.4 is 0 Å². The van der Waals surface area contributed by atoms with Crippen molar-refractivity contribution in [2.45, 2.75) is 65.7 Å². The molecule has 18 heavy (non-hydrogen) atoms. The van der Waals surface area contributed by atoms with Crippen LogP contribution >= 0.6 is 15.9 Å². The zero-order valence-electron chi connectivity index (χ0n) is 12.3. The fourth-order valence-corrected chi connectivity index (χ4v) is 2.69. The SMILES string of the molecule is CCCCCCC(C)(C)C(C)c1ccc(Br)cc1. The van der Waals surface area contributed by atoms with Gasteiger partial charge in [0.15, 0.2) is 0 Å². The van der Waals surface area contributed by atoms with Gasteiger partial charge in [0.1, 0.15) is 0 Å². The first-order valence-electron chi connectivity index (χ1n) is 7.23. The molecule has 0 N–H and O–H groups in total. The highest BCUT2D eigenvalue weighted by atomic mass is 79.9. The van der Waals surface area contributed by atoms with Gasteiger partial charge in [-0.05, 0) is 35.4 Å². The molecule has 0 aliphatic carbocycles. The molecule has 0 radical (unpaired) electrons. The van der Waals surface area contributed by atoms with Crippen molar-refractivity contribution in [3.63, 3.8) is 0 Å². The molecule has 1 unspecified atom stereocenters. The van der Waals surface area contributed by atoms with E-state index in [-0.39, 0.29) is 0 Å². The first-order valence-corrected chi connectivity index (χ1v) is 8.02. The van der Waals surface area contributed by atoms with Crippen molar-refractivity contribution in [2.75, 3.05) is 0 Å². The predicted molar refractivity (Wildman–Crippen MR) is 85.1 cm³/mol. The lowest BCUT2D eigenvalue weighted by atomic mass is 9.73. The van der Waals surface area contributed by atoms with Crippen molar-refractivity contribution in [3.8, 4) is 0 Å². The van der Waals surface area contributed by atoms with Crippen LogP contribution in [0.4, 0.5) is 0 Å². The van der Waals surface area contributed by atoms with Gasteiger partial charge in [-0.3, -0.25) is 0 Å². The van der Waals surface area contributed by atoms with Crippen LogP contribution in [0.5, 0.6) is 0 Å². The molecule has 0 spiro atoms. The third kappa shape index (κ3) is 4.76. The van der Waals surface area contributed by atoms with Gasteiger partial charge in [-0.15, -0.1) is 0 Å². The first kappa shape index (κ1) is 15.8. The van der Waals surface area contributed by atoms with Crippen LogP contribution in [-0.2, 0) is 0 Å². The summed E-state index contributed by atoms with van der Waals surface area (Å²) >= 11 is 3.50. The molecule has 0 saturated heterocycles. The van der Waals surface area contributed by atoms with Crippen LogP contribution in [0.3, 0.4) is 0 Å². The van der Waals surface area contributed by atoms with E-state index >= 15 is 0 Å². The minimum absolute atomic E-state index is 0.390. The van der Waals surface area contributed by atoms with Gasteiger partial charge in [-0.1, -0.05) is 81.4 Å². The Morgan fingerprint density at radius 3 is 2.22 bits per heavy atom. The van der Waals surface area contributed by atoms with Crippen LogP contribution in [0.25, 0.3) is 0 Å². The highest BCUT2D eigenvalue weighted by Crippen LogP contribution is 2.39. The minimum Gasteiger partial charge on any atom is -0.0654 e. The quantitative estimate of drug-likeness (QED) is 0.501. The third-order valence-corrected chi connectivity index (χ3v) is 4.75. The van der Waals surface area contributed by atoms with E-state index in [1.54, 1.807) is 0 Å². The molecule has 0 nitrogen and oxygen atoms in total. The summed E-state index contributed by atoms with van der Waals surface area (Å²) in [7, 11) is 0. The van der Waals surface area contributed by atoms with E-state index < -0.39 is 0 Å². The maximum atomic E-state index is 3.50. The van der Waals surface area contributed by atoms with Crippen molar-refractivity contribution in [1.29, 1.82) is 0 Å². The molecule has 1 atom stereocenters. The maximum absolute atomic E-state index is 3.50. The number of halogens is 1. The van der Waals surface area contributed by atoms with E-state index in [9.17, 15) is 0 Å². The summed E-state index contributed by atoms with van der Waals surface area (Å²) in [5.74, 6) is 0.618. The summed E-state index contributed by atoms with van der Waals surface area (Å²) in [6.07, 6.45) is 6.77. The van der Waals surface area contributed by atoms with E-state index in [0.29, 0.717) is 11.3 Å².